The highest BCUT2D eigenvalue weighted by molar-refractivity contribution is 5.47. The van der Waals surface area contributed by atoms with Crippen molar-refractivity contribution in [3.8, 4) is 0 Å². The van der Waals surface area contributed by atoms with Gasteiger partial charge in [0.1, 0.15) is 0 Å². The number of aromatic nitrogens is 1. The molecule has 0 saturated carbocycles. The number of rotatable bonds is 3. The lowest BCUT2D eigenvalue weighted by molar-refractivity contribution is -0.00601. The van der Waals surface area contributed by atoms with E-state index in [1.54, 1.807) is 6.20 Å². The predicted molar refractivity (Wildman–Crippen MR) is 99.7 cm³/mol. The molecule has 0 aliphatic heterocycles. The van der Waals surface area contributed by atoms with E-state index in [0.717, 1.165) is 17.7 Å². The summed E-state index contributed by atoms with van der Waals surface area (Å²) in [5.41, 5.74) is 5.64. The van der Waals surface area contributed by atoms with Gasteiger partial charge < -0.3 is 9.84 Å². The Morgan fingerprint density at radius 1 is 0.808 bits per heavy atom. The molecular formula is C23H21NO2. The second-order valence-electron chi connectivity index (χ2n) is 7.20. The zero-order chi connectivity index (χ0) is 17.5. The van der Waals surface area contributed by atoms with E-state index in [-0.39, 0.29) is 17.9 Å². The van der Waals surface area contributed by atoms with Gasteiger partial charge in [0, 0.05) is 18.0 Å². The molecule has 1 aromatic heterocycles. The van der Waals surface area contributed by atoms with Crippen LogP contribution >= 0.6 is 0 Å². The number of pyridine rings is 1. The summed E-state index contributed by atoms with van der Waals surface area (Å²) in [6.45, 7) is 0.492. The minimum atomic E-state index is -0.444. The van der Waals surface area contributed by atoms with Gasteiger partial charge in [-0.1, -0.05) is 54.6 Å². The van der Waals surface area contributed by atoms with E-state index in [1.807, 2.05) is 24.3 Å². The van der Waals surface area contributed by atoms with Crippen molar-refractivity contribution in [3.05, 3.63) is 101 Å². The van der Waals surface area contributed by atoms with Gasteiger partial charge >= 0.3 is 0 Å². The smallest absolute Gasteiger partial charge is 0.0901 e. The van der Waals surface area contributed by atoms with Crippen LogP contribution < -0.4 is 0 Å². The molecule has 2 aliphatic rings. The Kier molecular flexibility index (Phi) is 3.84. The van der Waals surface area contributed by atoms with Crippen molar-refractivity contribution in [1.82, 2.24) is 4.98 Å². The Labute approximate surface area is 153 Å². The molecule has 0 unspecified atom stereocenters. The van der Waals surface area contributed by atoms with Crippen LogP contribution in [0.4, 0.5) is 0 Å². The highest BCUT2D eigenvalue weighted by atomic mass is 16.5. The van der Waals surface area contributed by atoms with Crippen LogP contribution in [0.1, 0.15) is 58.4 Å². The molecule has 1 heterocycles. The molecule has 130 valence electrons. The molecule has 2 aromatic carbocycles. The van der Waals surface area contributed by atoms with E-state index in [2.05, 4.69) is 47.4 Å². The zero-order valence-corrected chi connectivity index (χ0v) is 14.5. The van der Waals surface area contributed by atoms with E-state index in [4.69, 9.17) is 4.74 Å². The molecule has 0 radical (unpaired) electrons. The average molecular weight is 343 g/mol. The van der Waals surface area contributed by atoms with Crippen LogP contribution in [0.15, 0.2) is 72.9 Å². The van der Waals surface area contributed by atoms with E-state index < -0.39 is 6.10 Å². The standard InChI is InChI=1S/C23H21NO2/c25-22-18-10-3-1-8-16(18)21-13-20(22)17-9-2-4-11-19(17)23(21)26-14-15-7-5-6-12-24-15/h1-12,20-23,25H,13-14H2/t20-,21-,22-,23-/m1/s1. The Balaban J connectivity index is 1.56. The van der Waals surface area contributed by atoms with Crippen LogP contribution in [0.5, 0.6) is 0 Å². The monoisotopic (exact) mass is 343 g/mol. The van der Waals surface area contributed by atoms with Crippen LogP contribution in [0.2, 0.25) is 0 Å². The Bertz CT molecular complexity index is 924. The van der Waals surface area contributed by atoms with Crippen molar-refractivity contribution < 1.29 is 9.84 Å². The van der Waals surface area contributed by atoms with E-state index in [0.29, 0.717) is 6.61 Å². The maximum absolute atomic E-state index is 11.0. The molecule has 26 heavy (non-hydrogen) atoms. The molecule has 1 N–H and O–H groups in total. The van der Waals surface area contributed by atoms with Crippen molar-refractivity contribution in [1.29, 1.82) is 0 Å². The lowest BCUT2D eigenvalue weighted by Gasteiger charge is -2.45. The molecule has 0 fully saturated rings. The second kappa shape index (κ2) is 6.35. The van der Waals surface area contributed by atoms with Crippen molar-refractivity contribution in [2.24, 2.45) is 0 Å². The molecule has 0 amide bonds. The van der Waals surface area contributed by atoms with Gasteiger partial charge in [-0.2, -0.15) is 0 Å². The fraction of sp³-hybridized carbons (Fsp3) is 0.261. The molecule has 0 saturated heterocycles. The molecule has 2 bridgehead atoms. The van der Waals surface area contributed by atoms with Crippen molar-refractivity contribution in [3.63, 3.8) is 0 Å². The molecule has 4 atom stereocenters. The summed E-state index contributed by atoms with van der Waals surface area (Å²) in [5.74, 6) is 0.402. The fourth-order valence-electron chi connectivity index (χ4n) is 4.64. The number of nitrogens with zero attached hydrogens (tertiary/aromatic N) is 1. The van der Waals surface area contributed by atoms with Gasteiger partial charge in [-0.05, 0) is 40.8 Å². The SMILES string of the molecule is O[C@@H]1c2ccccc2[C@H]2C[C@@H]1c1ccccc1[C@H]2OCc1ccccn1. The quantitative estimate of drug-likeness (QED) is 0.752. The summed E-state index contributed by atoms with van der Waals surface area (Å²) >= 11 is 0. The molecular weight excluding hydrogens is 322 g/mol. The maximum Gasteiger partial charge on any atom is 0.0901 e. The number of hydrogen-bond acceptors (Lipinski definition) is 3. The number of aliphatic hydroxyl groups is 1. The summed E-state index contributed by atoms with van der Waals surface area (Å²) in [7, 11) is 0. The normalized spacial score (nSPS) is 26.0. The molecule has 2 aliphatic carbocycles. The Morgan fingerprint density at radius 2 is 1.46 bits per heavy atom. The van der Waals surface area contributed by atoms with Gasteiger partial charge in [0.15, 0.2) is 0 Å². The summed E-state index contributed by atoms with van der Waals surface area (Å²) in [5, 5.41) is 11.0. The first-order valence-electron chi connectivity index (χ1n) is 9.20. The van der Waals surface area contributed by atoms with Gasteiger partial charge in [0.05, 0.1) is 24.5 Å². The van der Waals surface area contributed by atoms with Crippen LogP contribution in [0.3, 0.4) is 0 Å². The van der Waals surface area contributed by atoms with Crippen molar-refractivity contribution in [2.75, 3.05) is 0 Å². The number of fused-ring (bicyclic) bond motifs is 6. The highest BCUT2D eigenvalue weighted by Gasteiger charge is 2.44. The largest absolute Gasteiger partial charge is 0.388 e. The Hall–Kier alpha value is -2.49. The van der Waals surface area contributed by atoms with Gasteiger partial charge in [0.2, 0.25) is 0 Å². The highest BCUT2D eigenvalue weighted by Crippen LogP contribution is 2.56. The molecule has 3 aromatic rings. The van der Waals surface area contributed by atoms with Crippen LogP contribution in [-0.4, -0.2) is 10.1 Å². The van der Waals surface area contributed by atoms with Crippen LogP contribution in [0.25, 0.3) is 0 Å². The van der Waals surface area contributed by atoms with Gasteiger partial charge in [-0.25, -0.2) is 0 Å². The fourth-order valence-corrected chi connectivity index (χ4v) is 4.64. The lowest BCUT2D eigenvalue weighted by atomic mass is 9.64. The zero-order valence-electron chi connectivity index (χ0n) is 14.5. The maximum atomic E-state index is 11.0. The topological polar surface area (TPSA) is 42.4 Å². The van der Waals surface area contributed by atoms with Crippen LogP contribution in [-0.2, 0) is 11.3 Å². The summed E-state index contributed by atoms with van der Waals surface area (Å²) < 4.78 is 6.43. The summed E-state index contributed by atoms with van der Waals surface area (Å²) in [4.78, 5) is 4.39. The minimum absolute atomic E-state index is 0.0156. The first-order chi connectivity index (χ1) is 12.8. The lowest BCUT2D eigenvalue weighted by Crippen LogP contribution is -2.32. The first-order valence-corrected chi connectivity index (χ1v) is 9.20. The third-order valence-corrected chi connectivity index (χ3v) is 5.81. The summed E-state index contributed by atoms with van der Waals surface area (Å²) in [6, 6.07) is 22.6. The summed E-state index contributed by atoms with van der Waals surface area (Å²) in [6.07, 6.45) is 2.26. The number of hydrogen-bond donors (Lipinski definition) is 1. The third-order valence-electron chi connectivity index (χ3n) is 5.81. The predicted octanol–water partition coefficient (Wildman–Crippen LogP) is 4.66. The Morgan fingerprint density at radius 3 is 2.19 bits per heavy atom. The first kappa shape index (κ1) is 15.7. The number of benzene rings is 2. The van der Waals surface area contributed by atoms with Gasteiger partial charge in [-0.3, -0.25) is 4.98 Å². The van der Waals surface area contributed by atoms with Gasteiger partial charge in [0.25, 0.3) is 0 Å². The third kappa shape index (κ3) is 2.47. The van der Waals surface area contributed by atoms with Crippen LogP contribution in [0, 0.1) is 0 Å². The number of ether oxygens (including phenoxy) is 1. The van der Waals surface area contributed by atoms with Crippen molar-refractivity contribution in [2.45, 2.75) is 37.1 Å². The van der Waals surface area contributed by atoms with E-state index >= 15 is 0 Å². The molecule has 0 spiro atoms. The molecule has 5 rings (SSSR count). The van der Waals surface area contributed by atoms with Crippen molar-refractivity contribution >= 4 is 0 Å². The minimum Gasteiger partial charge on any atom is -0.388 e. The average Bonchev–Trinajstić information content (AvgIpc) is 2.71. The second-order valence-corrected chi connectivity index (χ2v) is 7.20. The van der Waals surface area contributed by atoms with E-state index in [1.165, 1.54) is 16.7 Å². The molecule has 3 nitrogen and oxygen atoms in total. The number of aliphatic hydroxyl groups excluding tert-OH is 1. The van der Waals surface area contributed by atoms with Gasteiger partial charge in [-0.15, -0.1) is 0 Å². The molecule has 3 heteroatoms. The van der Waals surface area contributed by atoms with E-state index in [9.17, 15) is 5.11 Å².